The lowest BCUT2D eigenvalue weighted by atomic mass is 10.3. The molecule has 1 heterocycles. The molecule has 6 heteroatoms. The molecule has 0 spiro atoms. The van der Waals surface area contributed by atoms with Crippen LogP contribution < -0.4 is 16.0 Å². The van der Waals surface area contributed by atoms with Crippen molar-refractivity contribution < 1.29 is 4.79 Å². The highest BCUT2D eigenvalue weighted by Gasteiger charge is 2.03. The van der Waals surface area contributed by atoms with Gasteiger partial charge in [-0.3, -0.25) is 9.78 Å². The Morgan fingerprint density at radius 3 is 2.42 bits per heavy atom. The van der Waals surface area contributed by atoms with E-state index in [9.17, 15) is 4.79 Å². The zero-order valence-corrected chi connectivity index (χ0v) is 11.9. The molecule has 0 saturated carbocycles. The second kappa shape index (κ2) is 8.29. The number of nitrogens with zero attached hydrogens (tertiary/aromatic N) is 2. The molecule has 0 fully saturated rings. The summed E-state index contributed by atoms with van der Waals surface area (Å²) >= 11 is 0. The van der Waals surface area contributed by atoms with Gasteiger partial charge in [0.05, 0.1) is 12.4 Å². The Kier molecular flexibility index (Phi) is 6.63. The van der Waals surface area contributed by atoms with Gasteiger partial charge in [0.1, 0.15) is 11.6 Å². The highest BCUT2D eigenvalue weighted by atomic mass is 16.1. The number of carbonyl (C=O) groups is 1. The van der Waals surface area contributed by atoms with Gasteiger partial charge in [-0.15, -0.1) is 0 Å². The molecule has 0 aromatic carbocycles. The van der Waals surface area contributed by atoms with E-state index in [1.54, 1.807) is 12.4 Å². The van der Waals surface area contributed by atoms with Crippen LogP contribution in [0.25, 0.3) is 0 Å². The van der Waals surface area contributed by atoms with E-state index in [2.05, 4.69) is 32.8 Å². The smallest absolute Gasteiger partial charge is 0.221 e. The Labute approximate surface area is 114 Å². The lowest BCUT2D eigenvalue weighted by Crippen LogP contribution is -2.31. The van der Waals surface area contributed by atoms with Crippen LogP contribution in [-0.4, -0.2) is 35.0 Å². The molecule has 1 rings (SSSR count). The second-order valence-electron chi connectivity index (χ2n) is 4.62. The molecule has 0 bridgehead atoms. The predicted molar refractivity (Wildman–Crippen MR) is 77.2 cm³/mol. The molecular weight excluding hydrogens is 242 g/mol. The van der Waals surface area contributed by atoms with Gasteiger partial charge in [0.25, 0.3) is 0 Å². The minimum absolute atomic E-state index is 0.0377. The number of nitrogens with one attached hydrogen (secondary N) is 3. The van der Waals surface area contributed by atoms with Crippen molar-refractivity contribution in [3.63, 3.8) is 0 Å². The van der Waals surface area contributed by atoms with Crippen molar-refractivity contribution in [2.45, 2.75) is 39.7 Å². The zero-order chi connectivity index (χ0) is 14.1. The lowest BCUT2D eigenvalue weighted by Gasteiger charge is -2.10. The third-order valence-electron chi connectivity index (χ3n) is 2.30. The summed E-state index contributed by atoms with van der Waals surface area (Å²) in [5, 5.41) is 9.10. The molecule has 0 aliphatic heterocycles. The second-order valence-corrected chi connectivity index (χ2v) is 4.62. The number of anilines is 2. The fourth-order valence-electron chi connectivity index (χ4n) is 1.49. The molecule has 19 heavy (non-hydrogen) atoms. The largest absolute Gasteiger partial charge is 0.369 e. The third kappa shape index (κ3) is 6.59. The number of rotatable bonds is 8. The summed E-state index contributed by atoms with van der Waals surface area (Å²) in [7, 11) is 0. The SMILES string of the molecule is CCCNc1cncc(NCCC(=O)NC(C)C)n1. The first-order valence-corrected chi connectivity index (χ1v) is 6.71. The Morgan fingerprint density at radius 2 is 1.84 bits per heavy atom. The molecule has 0 radical (unpaired) electrons. The molecule has 3 N–H and O–H groups in total. The normalized spacial score (nSPS) is 10.3. The monoisotopic (exact) mass is 265 g/mol. The minimum atomic E-state index is 0.0377. The van der Waals surface area contributed by atoms with E-state index in [1.807, 2.05) is 13.8 Å². The van der Waals surface area contributed by atoms with Gasteiger partial charge in [0.15, 0.2) is 0 Å². The Balaban J connectivity index is 2.34. The molecule has 0 aliphatic rings. The zero-order valence-electron chi connectivity index (χ0n) is 11.9. The number of amides is 1. The van der Waals surface area contributed by atoms with Crippen LogP contribution in [0.1, 0.15) is 33.6 Å². The van der Waals surface area contributed by atoms with Crippen molar-refractivity contribution in [2.24, 2.45) is 0 Å². The first-order valence-electron chi connectivity index (χ1n) is 6.71. The summed E-state index contributed by atoms with van der Waals surface area (Å²) in [6.07, 6.45) is 4.80. The fraction of sp³-hybridized carbons (Fsp3) is 0.615. The van der Waals surface area contributed by atoms with Crippen LogP contribution in [-0.2, 0) is 4.79 Å². The summed E-state index contributed by atoms with van der Waals surface area (Å²) in [5.41, 5.74) is 0. The minimum Gasteiger partial charge on any atom is -0.369 e. The summed E-state index contributed by atoms with van der Waals surface area (Å²) in [6.45, 7) is 7.40. The van der Waals surface area contributed by atoms with Crippen LogP contribution in [0.4, 0.5) is 11.6 Å². The summed E-state index contributed by atoms with van der Waals surface area (Å²) < 4.78 is 0. The van der Waals surface area contributed by atoms with Gasteiger partial charge in [-0.05, 0) is 20.3 Å². The highest BCUT2D eigenvalue weighted by molar-refractivity contribution is 5.76. The van der Waals surface area contributed by atoms with Gasteiger partial charge >= 0.3 is 0 Å². The molecule has 106 valence electrons. The maximum atomic E-state index is 11.5. The van der Waals surface area contributed by atoms with Gasteiger partial charge in [-0.25, -0.2) is 4.98 Å². The van der Waals surface area contributed by atoms with Crippen LogP contribution in [0.15, 0.2) is 12.4 Å². The molecule has 0 atom stereocenters. The average molecular weight is 265 g/mol. The topological polar surface area (TPSA) is 78.9 Å². The van der Waals surface area contributed by atoms with Crippen LogP contribution in [0, 0.1) is 0 Å². The van der Waals surface area contributed by atoms with Gasteiger partial charge in [0.2, 0.25) is 5.91 Å². The van der Waals surface area contributed by atoms with E-state index in [4.69, 9.17) is 0 Å². The van der Waals surface area contributed by atoms with Crippen LogP contribution in [0.3, 0.4) is 0 Å². The van der Waals surface area contributed by atoms with Crippen LogP contribution in [0.5, 0.6) is 0 Å². The van der Waals surface area contributed by atoms with E-state index in [1.165, 1.54) is 0 Å². The summed E-state index contributed by atoms with van der Waals surface area (Å²) in [4.78, 5) is 19.9. The van der Waals surface area contributed by atoms with Crippen molar-refractivity contribution in [3.05, 3.63) is 12.4 Å². The average Bonchev–Trinajstić information content (AvgIpc) is 2.36. The van der Waals surface area contributed by atoms with Crippen LogP contribution in [0.2, 0.25) is 0 Å². The molecule has 6 nitrogen and oxygen atoms in total. The van der Waals surface area contributed by atoms with Crippen molar-refractivity contribution in [3.8, 4) is 0 Å². The summed E-state index contributed by atoms with van der Waals surface area (Å²) in [5.74, 6) is 1.47. The number of hydrogen-bond donors (Lipinski definition) is 3. The standard InChI is InChI=1S/C13H23N5O/c1-4-6-15-11-8-14-9-12(18-11)16-7-5-13(19)17-10(2)3/h8-10H,4-7H2,1-3H3,(H,17,19)(H2,15,16,18). The molecule has 1 aromatic heterocycles. The molecule has 0 aliphatic carbocycles. The van der Waals surface area contributed by atoms with E-state index in [0.717, 1.165) is 18.8 Å². The van der Waals surface area contributed by atoms with E-state index < -0.39 is 0 Å². The maximum Gasteiger partial charge on any atom is 0.221 e. The van der Waals surface area contributed by atoms with Crippen molar-refractivity contribution >= 4 is 17.5 Å². The van der Waals surface area contributed by atoms with Crippen molar-refractivity contribution in [1.29, 1.82) is 0 Å². The Hall–Kier alpha value is -1.85. The fourth-order valence-corrected chi connectivity index (χ4v) is 1.49. The first-order chi connectivity index (χ1) is 9.11. The van der Waals surface area contributed by atoms with Crippen LogP contribution >= 0.6 is 0 Å². The third-order valence-corrected chi connectivity index (χ3v) is 2.30. The number of carbonyl (C=O) groups excluding carboxylic acids is 1. The quantitative estimate of drug-likeness (QED) is 0.665. The van der Waals surface area contributed by atoms with Gasteiger partial charge in [0, 0.05) is 25.6 Å². The van der Waals surface area contributed by atoms with Gasteiger partial charge < -0.3 is 16.0 Å². The lowest BCUT2D eigenvalue weighted by molar-refractivity contribution is -0.121. The van der Waals surface area contributed by atoms with E-state index >= 15 is 0 Å². The van der Waals surface area contributed by atoms with E-state index in [-0.39, 0.29) is 11.9 Å². The molecule has 1 aromatic rings. The maximum absolute atomic E-state index is 11.5. The molecule has 0 saturated heterocycles. The van der Waals surface area contributed by atoms with E-state index in [0.29, 0.717) is 18.8 Å². The highest BCUT2D eigenvalue weighted by Crippen LogP contribution is 2.06. The predicted octanol–water partition coefficient (Wildman–Crippen LogP) is 1.63. The van der Waals surface area contributed by atoms with Gasteiger partial charge in [-0.2, -0.15) is 0 Å². The van der Waals surface area contributed by atoms with Gasteiger partial charge in [-0.1, -0.05) is 6.92 Å². The molecule has 1 amide bonds. The first kappa shape index (κ1) is 15.2. The molecule has 0 unspecified atom stereocenters. The van der Waals surface area contributed by atoms with Crippen molar-refractivity contribution in [2.75, 3.05) is 23.7 Å². The Morgan fingerprint density at radius 1 is 1.21 bits per heavy atom. The van der Waals surface area contributed by atoms with Crippen molar-refractivity contribution in [1.82, 2.24) is 15.3 Å². The summed E-state index contributed by atoms with van der Waals surface area (Å²) in [6, 6.07) is 0.175. The number of aromatic nitrogens is 2. The number of hydrogen-bond acceptors (Lipinski definition) is 5. The molecular formula is C13H23N5O. The Bertz CT molecular complexity index is 394.